The van der Waals surface area contributed by atoms with E-state index >= 15 is 0 Å². The van der Waals surface area contributed by atoms with E-state index < -0.39 is 5.97 Å². The summed E-state index contributed by atoms with van der Waals surface area (Å²) in [7, 11) is 1.28. The molecule has 0 aliphatic carbocycles. The maximum atomic E-state index is 13.0. The van der Waals surface area contributed by atoms with Gasteiger partial charge >= 0.3 is 5.97 Å². The molecule has 170 valence electrons. The summed E-state index contributed by atoms with van der Waals surface area (Å²) in [5.41, 5.74) is 1.63. The minimum Gasteiger partial charge on any atom is -0.488 e. The van der Waals surface area contributed by atoms with Gasteiger partial charge in [-0.25, -0.2) is 4.79 Å². The SMILES string of the molecule is COC(=O)c1c(OCc2cccnc2)cc(=O)n2c1CCN(C(=O)c1cccc(Cl)c1)CC2. The van der Waals surface area contributed by atoms with E-state index in [2.05, 4.69) is 4.98 Å². The van der Waals surface area contributed by atoms with Gasteiger partial charge in [0.1, 0.15) is 17.9 Å². The van der Waals surface area contributed by atoms with Gasteiger partial charge in [0.15, 0.2) is 0 Å². The van der Waals surface area contributed by atoms with Crippen molar-refractivity contribution in [3.05, 3.63) is 92.6 Å². The van der Waals surface area contributed by atoms with Crippen LogP contribution in [0.25, 0.3) is 0 Å². The molecule has 3 heterocycles. The van der Waals surface area contributed by atoms with Crippen LogP contribution in [0.5, 0.6) is 5.75 Å². The van der Waals surface area contributed by atoms with Crippen molar-refractivity contribution in [2.45, 2.75) is 19.6 Å². The Morgan fingerprint density at radius 1 is 1.12 bits per heavy atom. The third kappa shape index (κ3) is 4.90. The molecule has 0 atom stereocenters. The summed E-state index contributed by atoms with van der Waals surface area (Å²) in [6.45, 7) is 1.02. The fraction of sp³-hybridized carbons (Fsp3) is 0.250. The molecular weight excluding hydrogens is 446 g/mol. The highest BCUT2D eigenvalue weighted by Crippen LogP contribution is 2.25. The Morgan fingerprint density at radius 3 is 2.70 bits per heavy atom. The van der Waals surface area contributed by atoms with Crippen LogP contribution in [0.4, 0.5) is 0 Å². The van der Waals surface area contributed by atoms with Crippen LogP contribution in [0.2, 0.25) is 5.02 Å². The van der Waals surface area contributed by atoms with E-state index in [1.54, 1.807) is 47.6 Å². The zero-order valence-electron chi connectivity index (χ0n) is 18.0. The predicted molar refractivity (Wildman–Crippen MR) is 122 cm³/mol. The molecular formula is C24H22ClN3O5. The second-order valence-electron chi connectivity index (χ2n) is 7.51. The smallest absolute Gasteiger partial charge is 0.343 e. The largest absolute Gasteiger partial charge is 0.488 e. The first kappa shape index (κ1) is 22.5. The molecule has 1 aliphatic rings. The van der Waals surface area contributed by atoms with E-state index in [4.69, 9.17) is 21.1 Å². The third-order valence-corrected chi connectivity index (χ3v) is 5.69. The number of aromatic nitrogens is 2. The Bertz CT molecular complexity index is 1240. The van der Waals surface area contributed by atoms with Crippen LogP contribution in [0.15, 0.2) is 59.7 Å². The summed E-state index contributed by atoms with van der Waals surface area (Å²) in [4.78, 5) is 44.3. The highest BCUT2D eigenvalue weighted by atomic mass is 35.5. The summed E-state index contributed by atoms with van der Waals surface area (Å²) in [6, 6.07) is 11.6. The average Bonchev–Trinajstić information content (AvgIpc) is 3.06. The normalized spacial score (nSPS) is 13.1. The number of hydrogen-bond donors (Lipinski definition) is 0. The molecule has 1 aromatic carbocycles. The fourth-order valence-electron chi connectivity index (χ4n) is 3.84. The number of ether oxygens (including phenoxy) is 2. The van der Waals surface area contributed by atoms with Crippen LogP contribution < -0.4 is 10.3 Å². The van der Waals surface area contributed by atoms with Gasteiger partial charge in [-0.05, 0) is 24.3 Å². The monoisotopic (exact) mass is 467 g/mol. The van der Waals surface area contributed by atoms with Gasteiger partial charge in [0.25, 0.3) is 11.5 Å². The Hall–Kier alpha value is -3.65. The van der Waals surface area contributed by atoms with E-state index in [0.717, 1.165) is 5.56 Å². The van der Waals surface area contributed by atoms with E-state index in [9.17, 15) is 14.4 Å². The van der Waals surface area contributed by atoms with Crippen molar-refractivity contribution in [1.82, 2.24) is 14.5 Å². The minimum absolute atomic E-state index is 0.139. The van der Waals surface area contributed by atoms with E-state index in [1.165, 1.54) is 17.7 Å². The van der Waals surface area contributed by atoms with Gasteiger partial charge in [0, 0.05) is 66.4 Å². The van der Waals surface area contributed by atoms with Crippen molar-refractivity contribution in [3.63, 3.8) is 0 Å². The molecule has 1 aliphatic heterocycles. The molecule has 4 rings (SSSR count). The van der Waals surface area contributed by atoms with Gasteiger partial charge in [-0.1, -0.05) is 23.7 Å². The van der Waals surface area contributed by atoms with Gasteiger partial charge < -0.3 is 18.9 Å². The number of esters is 1. The first-order chi connectivity index (χ1) is 16.0. The lowest BCUT2D eigenvalue weighted by Crippen LogP contribution is -2.34. The average molecular weight is 468 g/mol. The zero-order chi connectivity index (χ0) is 23.4. The lowest BCUT2D eigenvalue weighted by Gasteiger charge is -2.20. The number of amides is 1. The van der Waals surface area contributed by atoms with E-state index in [1.807, 2.05) is 6.07 Å². The molecule has 0 N–H and O–H groups in total. The Morgan fingerprint density at radius 2 is 1.97 bits per heavy atom. The lowest BCUT2D eigenvalue weighted by molar-refractivity contribution is 0.0592. The van der Waals surface area contributed by atoms with Crippen molar-refractivity contribution in [2.75, 3.05) is 20.2 Å². The van der Waals surface area contributed by atoms with Gasteiger partial charge in [0.2, 0.25) is 0 Å². The Labute approximate surface area is 195 Å². The molecule has 0 unspecified atom stereocenters. The molecule has 0 bridgehead atoms. The van der Waals surface area contributed by atoms with Crippen LogP contribution in [0.1, 0.15) is 32.0 Å². The number of nitrogens with zero attached hydrogens (tertiary/aromatic N) is 3. The third-order valence-electron chi connectivity index (χ3n) is 5.46. The fourth-order valence-corrected chi connectivity index (χ4v) is 4.03. The highest BCUT2D eigenvalue weighted by molar-refractivity contribution is 6.30. The van der Waals surface area contributed by atoms with Crippen molar-refractivity contribution in [2.24, 2.45) is 0 Å². The predicted octanol–water partition coefficient (Wildman–Crippen LogP) is 2.96. The standard InChI is InChI=1S/C24H22ClN3O5/c1-32-24(31)22-19-7-9-27(23(30)17-5-2-6-18(25)12-17)10-11-28(19)21(29)13-20(22)33-15-16-4-3-8-26-14-16/h2-6,8,12-14H,7,9-11,15H2,1H3. The zero-order valence-corrected chi connectivity index (χ0v) is 18.7. The molecule has 8 nitrogen and oxygen atoms in total. The first-order valence-corrected chi connectivity index (χ1v) is 10.8. The molecule has 33 heavy (non-hydrogen) atoms. The number of methoxy groups -OCH3 is 1. The molecule has 0 saturated heterocycles. The summed E-state index contributed by atoms with van der Waals surface area (Å²) in [5, 5.41) is 0.471. The van der Waals surface area contributed by atoms with Crippen LogP contribution in [-0.2, 0) is 24.3 Å². The van der Waals surface area contributed by atoms with E-state index in [0.29, 0.717) is 29.4 Å². The minimum atomic E-state index is -0.602. The van der Waals surface area contributed by atoms with Gasteiger partial charge in [0.05, 0.1) is 7.11 Å². The number of halogens is 1. The second kappa shape index (κ2) is 9.87. The number of fused-ring (bicyclic) bond motifs is 1. The number of hydrogen-bond acceptors (Lipinski definition) is 6. The number of pyridine rings is 2. The number of carbonyl (C=O) groups is 2. The number of rotatable bonds is 5. The topological polar surface area (TPSA) is 90.7 Å². The summed E-state index contributed by atoms with van der Waals surface area (Å²) in [5.74, 6) is -0.642. The Kier molecular flexibility index (Phi) is 6.74. The van der Waals surface area contributed by atoms with Crippen molar-refractivity contribution in [3.8, 4) is 5.75 Å². The maximum Gasteiger partial charge on any atom is 0.343 e. The maximum absolute atomic E-state index is 13.0. The molecule has 0 radical (unpaired) electrons. The highest BCUT2D eigenvalue weighted by Gasteiger charge is 2.27. The van der Waals surface area contributed by atoms with Crippen molar-refractivity contribution < 1.29 is 19.1 Å². The quantitative estimate of drug-likeness (QED) is 0.536. The van der Waals surface area contributed by atoms with Gasteiger partial charge in [-0.2, -0.15) is 0 Å². The summed E-state index contributed by atoms with van der Waals surface area (Å²) >= 11 is 6.03. The second-order valence-corrected chi connectivity index (χ2v) is 7.95. The van der Waals surface area contributed by atoms with E-state index in [-0.39, 0.29) is 42.4 Å². The first-order valence-electron chi connectivity index (χ1n) is 10.4. The summed E-state index contributed by atoms with van der Waals surface area (Å²) < 4.78 is 12.3. The molecule has 0 saturated carbocycles. The van der Waals surface area contributed by atoms with Crippen molar-refractivity contribution in [1.29, 1.82) is 0 Å². The Balaban J connectivity index is 1.64. The molecule has 2 aromatic heterocycles. The van der Waals surface area contributed by atoms with Crippen LogP contribution in [0, 0.1) is 0 Å². The molecule has 3 aromatic rings. The number of carbonyl (C=O) groups excluding carboxylic acids is 2. The summed E-state index contributed by atoms with van der Waals surface area (Å²) in [6.07, 6.45) is 3.58. The molecule has 1 amide bonds. The number of benzene rings is 1. The molecule has 9 heteroatoms. The van der Waals surface area contributed by atoms with Gasteiger partial charge in [-0.15, -0.1) is 0 Å². The van der Waals surface area contributed by atoms with Crippen LogP contribution in [0.3, 0.4) is 0 Å². The van der Waals surface area contributed by atoms with Crippen LogP contribution >= 0.6 is 11.6 Å². The van der Waals surface area contributed by atoms with Crippen molar-refractivity contribution >= 4 is 23.5 Å². The molecule has 0 fully saturated rings. The van der Waals surface area contributed by atoms with Crippen LogP contribution in [-0.4, -0.2) is 46.5 Å². The molecule has 0 spiro atoms. The lowest BCUT2D eigenvalue weighted by atomic mass is 10.1. The van der Waals surface area contributed by atoms with Gasteiger partial charge in [-0.3, -0.25) is 14.6 Å².